The predicted octanol–water partition coefficient (Wildman–Crippen LogP) is 1.52. The van der Waals surface area contributed by atoms with Crippen molar-refractivity contribution in [3.63, 3.8) is 0 Å². The van der Waals surface area contributed by atoms with Gasteiger partial charge in [-0.05, 0) is 32.9 Å². The Balaban J connectivity index is 3.06. The third-order valence-corrected chi connectivity index (χ3v) is 1.95. The van der Waals surface area contributed by atoms with Crippen molar-refractivity contribution >= 4 is 5.71 Å². The first-order valence-corrected chi connectivity index (χ1v) is 4.22. The van der Waals surface area contributed by atoms with E-state index in [1.165, 1.54) is 0 Å². The van der Waals surface area contributed by atoms with Crippen LogP contribution in [0.25, 0.3) is 0 Å². The monoisotopic (exact) mass is 198 g/mol. The molecule has 0 amide bonds. The Morgan fingerprint density at radius 3 is 2.50 bits per heavy atom. The van der Waals surface area contributed by atoms with Gasteiger partial charge in [-0.3, -0.25) is 0 Å². The van der Waals surface area contributed by atoms with Crippen LogP contribution in [0.2, 0.25) is 0 Å². The van der Waals surface area contributed by atoms with Gasteiger partial charge in [-0.15, -0.1) is 0 Å². The number of nitrogens with zero attached hydrogens (tertiary/aromatic N) is 1. The summed E-state index contributed by atoms with van der Waals surface area (Å²) in [5.74, 6) is 1.14. The minimum atomic E-state index is -0.862. The minimum Gasteiger partial charge on any atom is -0.460 e. The van der Waals surface area contributed by atoms with Crippen molar-refractivity contribution in [1.29, 1.82) is 0 Å². The number of aryl methyl sites for hydroxylation is 1. The van der Waals surface area contributed by atoms with Crippen LogP contribution >= 0.6 is 0 Å². The molecule has 0 fully saturated rings. The van der Waals surface area contributed by atoms with Crippen molar-refractivity contribution in [3.8, 4) is 0 Å². The van der Waals surface area contributed by atoms with Gasteiger partial charge >= 0.3 is 0 Å². The van der Waals surface area contributed by atoms with E-state index in [4.69, 9.17) is 14.8 Å². The van der Waals surface area contributed by atoms with Crippen LogP contribution in [0.1, 0.15) is 25.4 Å². The van der Waals surface area contributed by atoms with Gasteiger partial charge in [0, 0.05) is 0 Å². The molecule has 5 nitrogen and oxygen atoms in total. The first kappa shape index (κ1) is 10.7. The van der Waals surface area contributed by atoms with Crippen molar-refractivity contribution in [2.45, 2.75) is 26.3 Å². The molecule has 0 aliphatic carbocycles. The van der Waals surface area contributed by atoms with E-state index in [1.807, 2.05) is 5.48 Å². The fraction of sp³-hybridized carbons (Fsp3) is 0.444. The van der Waals surface area contributed by atoms with E-state index in [9.17, 15) is 0 Å². The molecule has 0 aromatic carbocycles. The molecule has 1 rings (SSSR count). The van der Waals surface area contributed by atoms with Crippen molar-refractivity contribution in [1.82, 2.24) is 5.48 Å². The van der Waals surface area contributed by atoms with E-state index < -0.39 is 5.54 Å². The number of hydrogen-bond donors (Lipinski definition) is 3. The molecule has 78 valence electrons. The second kappa shape index (κ2) is 3.81. The highest BCUT2D eigenvalue weighted by Gasteiger charge is 2.28. The van der Waals surface area contributed by atoms with Crippen LogP contribution in [-0.2, 0) is 0 Å². The third kappa shape index (κ3) is 1.94. The van der Waals surface area contributed by atoms with Crippen molar-refractivity contribution in [2.24, 2.45) is 5.16 Å². The molecule has 0 saturated carbocycles. The summed E-state index contributed by atoms with van der Waals surface area (Å²) in [5, 5.41) is 20.8. The van der Waals surface area contributed by atoms with Crippen LogP contribution in [0.15, 0.2) is 21.7 Å². The maximum Gasteiger partial charge on any atom is 0.153 e. The Bertz CT molecular complexity index is 342. The van der Waals surface area contributed by atoms with Gasteiger partial charge < -0.3 is 14.8 Å². The lowest BCUT2D eigenvalue weighted by molar-refractivity contribution is 0.113. The summed E-state index contributed by atoms with van der Waals surface area (Å²) in [6.07, 6.45) is 0. The van der Waals surface area contributed by atoms with Crippen molar-refractivity contribution < 1.29 is 14.8 Å². The molecule has 0 unspecified atom stereocenters. The Kier molecular flexibility index (Phi) is 2.93. The highest BCUT2D eigenvalue weighted by Crippen LogP contribution is 2.16. The number of hydroxylamine groups is 1. The average molecular weight is 198 g/mol. The molecule has 1 aromatic rings. The molecule has 0 saturated heterocycles. The summed E-state index contributed by atoms with van der Waals surface area (Å²) in [4.78, 5) is 0. The van der Waals surface area contributed by atoms with Gasteiger partial charge in [-0.2, -0.15) is 5.48 Å². The summed E-state index contributed by atoms with van der Waals surface area (Å²) in [7, 11) is 0. The molecular weight excluding hydrogens is 184 g/mol. The van der Waals surface area contributed by atoms with E-state index in [2.05, 4.69) is 5.16 Å². The Morgan fingerprint density at radius 2 is 2.14 bits per heavy atom. The number of nitrogens with one attached hydrogen (secondary N) is 1. The zero-order valence-electron chi connectivity index (χ0n) is 8.40. The van der Waals surface area contributed by atoms with Crippen molar-refractivity contribution in [2.75, 3.05) is 0 Å². The Labute approximate surface area is 82.0 Å². The third-order valence-electron chi connectivity index (χ3n) is 1.95. The van der Waals surface area contributed by atoms with E-state index in [0.717, 1.165) is 5.76 Å². The molecule has 1 heterocycles. The molecular formula is C9H14N2O3. The molecule has 5 heteroatoms. The lowest BCUT2D eigenvalue weighted by Crippen LogP contribution is -2.45. The van der Waals surface area contributed by atoms with Crippen LogP contribution < -0.4 is 5.48 Å². The zero-order chi connectivity index (χ0) is 10.8. The molecule has 0 aliphatic heterocycles. The molecule has 0 spiro atoms. The average Bonchev–Trinajstić information content (AvgIpc) is 2.53. The van der Waals surface area contributed by atoms with Gasteiger partial charge in [0.15, 0.2) is 5.76 Å². The lowest BCUT2D eigenvalue weighted by atomic mass is 9.98. The first-order chi connectivity index (χ1) is 6.51. The molecule has 0 aliphatic rings. The maximum absolute atomic E-state index is 8.88. The maximum atomic E-state index is 8.88. The summed E-state index contributed by atoms with van der Waals surface area (Å²) in [5.41, 5.74) is 1.43. The van der Waals surface area contributed by atoms with Crippen LogP contribution in [0.5, 0.6) is 0 Å². The van der Waals surface area contributed by atoms with E-state index >= 15 is 0 Å². The fourth-order valence-electron chi connectivity index (χ4n) is 1.10. The summed E-state index contributed by atoms with van der Waals surface area (Å²) in [6.45, 7) is 5.12. The standard InChI is InChI=1S/C9H14N2O3/c1-6-4-5-7(14-6)8(10-12)9(2,3)11-13/h4-5,11-13H,1-3H3/b10-8+. The van der Waals surface area contributed by atoms with Crippen LogP contribution in [-0.4, -0.2) is 21.7 Å². The van der Waals surface area contributed by atoms with Crippen molar-refractivity contribution in [3.05, 3.63) is 23.7 Å². The lowest BCUT2D eigenvalue weighted by Gasteiger charge is -2.21. The van der Waals surface area contributed by atoms with E-state index in [-0.39, 0.29) is 5.71 Å². The van der Waals surface area contributed by atoms with Gasteiger partial charge in [0.1, 0.15) is 11.5 Å². The molecule has 14 heavy (non-hydrogen) atoms. The quantitative estimate of drug-likeness (QED) is 0.391. The van der Waals surface area contributed by atoms with Gasteiger partial charge in [-0.1, -0.05) is 5.16 Å². The Morgan fingerprint density at radius 1 is 1.50 bits per heavy atom. The van der Waals surface area contributed by atoms with E-state index in [1.54, 1.807) is 32.9 Å². The molecule has 1 aromatic heterocycles. The second-order valence-corrected chi connectivity index (χ2v) is 3.60. The predicted molar refractivity (Wildman–Crippen MR) is 50.8 cm³/mol. The molecule has 0 atom stereocenters. The van der Waals surface area contributed by atoms with Gasteiger partial charge in [0.2, 0.25) is 0 Å². The Hall–Kier alpha value is -1.33. The number of rotatable bonds is 3. The summed E-state index contributed by atoms with van der Waals surface area (Å²) < 4.78 is 5.28. The highest BCUT2D eigenvalue weighted by molar-refractivity contribution is 6.04. The normalized spacial score (nSPS) is 13.3. The van der Waals surface area contributed by atoms with Gasteiger partial charge in [-0.25, -0.2) is 0 Å². The van der Waals surface area contributed by atoms with E-state index in [0.29, 0.717) is 5.76 Å². The fourth-order valence-corrected chi connectivity index (χ4v) is 1.10. The van der Waals surface area contributed by atoms with Crippen LogP contribution in [0, 0.1) is 6.92 Å². The van der Waals surface area contributed by atoms with Crippen LogP contribution in [0.3, 0.4) is 0 Å². The first-order valence-electron chi connectivity index (χ1n) is 4.22. The topological polar surface area (TPSA) is 78.0 Å². The smallest absolute Gasteiger partial charge is 0.153 e. The molecule has 3 N–H and O–H groups in total. The zero-order valence-corrected chi connectivity index (χ0v) is 8.40. The van der Waals surface area contributed by atoms with Gasteiger partial charge in [0.25, 0.3) is 0 Å². The molecule has 0 bridgehead atoms. The van der Waals surface area contributed by atoms with Crippen LogP contribution in [0.4, 0.5) is 0 Å². The number of oxime groups is 1. The largest absolute Gasteiger partial charge is 0.460 e. The summed E-state index contributed by atoms with van der Waals surface area (Å²) in [6, 6.07) is 3.44. The number of hydrogen-bond acceptors (Lipinski definition) is 5. The molecule has 0 radical (unpaired) electrons. The summed E-state index contributed by atoms with van der Waals surface area (Å²) >= 11 is 0. The minimum absolute atomic E-state index is 0.244. The second-order valence-electron chi connectivity index (χ2n) is 3.60. The highest BCUT2D eigenvalue weighted by atomic mass is 16.5. The number of furan rings is 1. The SMILES string of the molecule is Cc1ccc(/C(=N\O)C(C)(C)NO)o1. The van der Waals surface area contributed by atoms with Gasteiger partial charge in [0.05, 0.1) is 5.54 Å².